The van der Waals surface area contributed by atoms with Gasteiger partial charge in [0.25, 0.3) is 0 Å². The van der Waals surface area contributed by atoms with E-state index >= 15 is 0 Å². The maximum atomic E-state index is 10.1. The highest BCUT2D eigenvalue weighted by atomic mass is 16.3. The molecule has 0 saturated carbocycles. The second kappa shape index (κ2) is 10.2. The number of carbonyl (C=O) groups excluding carboxylic acids is 2. The van der Waals surface area contributed by atoms with E-state index in [4.69, 9.17) is 25.5 Å². The fourth-order valence-electron chi connectivity index (χ4n) is 0.250. The molecule has 0 aromatic rings. The smallest absolute Gasteiger partial charge is 0.188 e. The highest BCUT2D eigenvalue weighted by molar-refractivity contribution is 5.83. The number of ketones is 1. The van der Waals surface area contributed by atoms with E-state index in [9.17, 15) is 9.59 Å². The van der Waals surface area contributed by atoms with Crippen LogP contribution in [0, 0.1) is 0 Å². The summed E-state index contributed by atoms with van der Waals surface area (Å²) in [4.78, 5) is 19.4. The average Bonchev–Trinajstić information content (AvgIpc) is 2.26. The van der Waals surface area contributed by atoms with Gasteiger partial charge in [-0.2, -0.15) is 0 Å². The number of hydrogen-bond acceptors (Lipinski definition) is 7. The summed E-state index contributed by atoms with van der Waals surface area (Å²) in [6.45, 7) is -1.83. The van der Waals surface area contributed by atoms with E-state index < -0.39 is 37.8 Å². The molecule has 0 radical (unpaired) electrons. The first-order valence-electron chi connectivity index (χ1n) is 3.70. The minimum atomic E-state index is -1.42. The summed E-state index contributed by atoms with van der Waals surface area (Å²) >= 11 is 0. The third-order valence-electron chi connectivity index (χ3n) is 1.04. The van der Waals surface area contributed by atoms with Crippen LogP contribution in [0.15, 0.2) is 0 Å². The molecule has 0 aliphatic rings. The van der Waals surface area contributed by atoms with Crippen molar-refractivity contribution in [2.75, 3.05) is 19.8 Å². The summed E-state index contributed by atoms with van der Waals surface area (Å²) < 4.78 is 0. The molecule has 0 heterocycles. The molecule has 7 heteroatoms. The molecule has 84 valence electrons. The monoisotopic (exact) mass is 210 g/mol. The van der Waals surface area contributed by atoms with E-state index in [0.717, 1.165) is 0 Å². The normalized spacial score (nSPS) is 13.5. The summed E-state index contributed by atoms with van der Waals surface area (Å²) in [6.07, 6.45) is -2.33. The standard InChI is InChI=1S/C4H8O4.C3H6O3/c5-1-3(7)4(8)2-6;4-1-3(6)2-5/h3,5-7H,1-2H2;1,3,5-6H,2H2. The van der Waals surface area contributed by atoms with Crippen LogP contribution in [-0.4, -0.2) is 69.6 Å². The van der Waals surface area contributed by atoms with Gasteiger partial charge in [-0.15, -0.1) is 0 Å². The lowest BCUT2D eigenvalue weighted by Crippen LogP contribution is -2.26. The van der Waals surface area contributed by atoms with Crippen LogP contribution in [-0.2, 0) is 9.59 Å². The van der Waals surface area contributed by atoms with Gasteiger partial charge < -0.3 is 30.3 Å². The van der Waals surface area contributed by atoms with Gasteiger partial charge in [0.1, 0.15) is 18.8 Å². The molecule has 0 aliphatic carbocycles. The largest absolute Gasteiger partial charge is 0.393 e. The molecular weight excluding hydrogens is 196 g/mol. The molecule has 14 heavy (non-hydrogen) atoms. The Morgan fingerprint density at radius 1 is 1.14 bits per heavy atom. The van der Waals surface area contributed by atoms with Gasteiger partial charge in [0, 0.05) is 0 Å². The number of aldehydes is 1. The first-order chi connectivity index (χ1) is 6.53. The summed E-state index contributed by atoms with van der Waals surface area (Å²) in [7, 11) is 0. The first-order valence-corrected chi connectivity index (χ1v) is 3.70. The maximum Gasteiger partial charge on any atom is 0.188 e. The number of hydrogen-bond donors (Lipinski definition) is 5. The molecule has 0 amide bonds. The molecule has 2 unspecified atom stereocenters. The zero-order valence-corrected chi connectivity index (χ0v) is 7.41. The number of aliphatic hydroxyl groups excluding tert-OH is 5. The van der Waals surface area contributed by atoms with Crippen LogP contribution in [0.25, 0.3) is 0 Å². The molecule has 0 saturated heterocycles. The summed E-state index contributed by atoms with van der Waals surface area (Å²) in [6, 6.07) is 0. The van der Waals surface area contributed by atoms with Crippen molar-refractivity contribution in [1.29, 1.82) is 0 Å². The van der Waals surface area contributed by atoms with Crippen LogP contribution >= 0.6 is 0 Å². The minimum Gasteiger partial charge on any atom is -0.393 e. The van der Waals surface area contributed by atoms with Gasteiger partial charge in [0.05, 0.1) is 13.2 Å². The van der Waals surface area contributed by atoms with Crippen LogP contribution in [0.4, 0.5) is 0 Å². The fraction of sp³-hybridized carbons (Fsp3) is 0.714. The van der Waals surface area contributed by atoms with Crippen molar-refractivity contribution in [3.05, 3.63) is 0 Å². The third-order valence-corrected chi connectivity index (χ3v) is 1.04. The van der Waals surface area contributed by atoms with Crippen molar-refractivity contribution in [2.24, 2.45) is 0 Å². The molecule has 5 N–H and O–H groups in total. The van der Waals surface area contributed by atoms with E-state index in [2.05, 4.69) is 0 Å². The maximum absolute atomic E-state index is 10.1. The molecule has 0 aromatic carbocycles. The van der Waals surface area contributed by atoms with Crippen molar-refractivity contribution in [3.8, 4) is 0 Å². The van der Waals surface area contributed by atoms with Crippen molar-refractivity contribution >= 4 is 12.1 Å². The highest BCUT2D eigenvalue weighted by Crippen LogP contribution is 1.80. The van der Waals surface area contributed by atoms with Crippen LogP contribution < -0.4 is 0 Å². The molecule has 0 rings (SSSR count). The van der Waals surface area contributed by atoms with Gasteiger partial charge >= 0.3 is 0 Å². The average molecular weight is 210 g/mol. The summed E-state index contributed by atoms with van der Waals surface area (Å²) in [5, 5.41) is 40.3. The quantitative estimate of drug-likeness (QED) is 0.296. The van der Waals surface area contributed by atoms with E-state index in [0.29, 0.717) is 0 Å². The second-order valence-corrected chi connectivity index (χ2v) is 2.21. The van der Waals surface area contributed by atoms with Crippen LogP contribution in [0.2, 0.25) is 0 Å². The number of carbonyl (C=O) groups is 2. The lowest BCUT2D eigenvalue weighted by molar-refractivity contribution is -0.131. The van der Waals surface area contributed by atoms with Crippen LogP contribution in [0.5, 0.6) is 0 Å². The topological polar surface area (TPSA) is 135 Å². The Morgan fingerprint density at radius 3 is 1.71 bits per heavy atom. The summed E-state index contributed by atoms with van der Waals surface area (Å²) in [5.41, 5.74) is 0. The SMILES string of the molecule is O=C(CO)C(O)CO.O=CC(O)CO. The van der Waals surface area contributed by atoms with Gasteiger partial charge in [-0.05, 0) is 0 Å². The molecule has 7 nitrogen and oxygen atoms in total. The Bertz CT molecular complexity index is 158. The van der Waals surface area contributed by atoms with Crippen molar-refractivity contribution in [1.82, 2.24) is 0 Å². The second-order valence-electron chi connectivity index (χ2n) is 2.21. The van der Waals surface area contributed by atoms with E-state index in [-0.39, 0.29) is 6.29 Å². The fourth-order valence-corrected chi connectivity index (χ4v) is 0.250. The molecule has 0 bridgehead atoms. The van der Waals surface area contributed by atoms with Gasteiger partial charge in [-0.1, -0.05) is 0 Å². The molecule has 0 aliphatic heterocycles. The Hall–Kier alpha value is -0.860. The molecule has 0 aromatic heterocycles. The Balaban J connectivity index is 0. The number of aliphatic hydroxyl groups is 5. The zero-order chi connectivity index (χ0) is 11.6. The lowest BCUT2D eigenvalue weighted by Gasteiger charge is -2.00. The summed E-state index contributed by atoms with van der Waals surface area (Å²) in [5.74, 6) is -0.757. The number of Topliss-reactive ketones (excluding diaryl/α,β-unsaturated/α-hetero) is 1. The molecule has 0 fully saturated rings. The first kappa shape index (κ1) is 15.6. The van der Waals surface area contributed by atoms with Gasteiger partial charge in [0.15, 0.2) is 12.1 Å². The van der Waals surface area contributed by atoms with Crippen LogP contribution in [0.1, 0.15) is 0 Å². The highest BCUT2D eigenvalue weighted by Gasteiger charge is 2.10. The Morgan fingerprint density at radius 2 is 1.64 bits per heavy atom. The molecule has 0 spiro atoms. The van der Waals surface area contributed by atoms with Gasteiger partial charge in [-0.3, -0.25) is 4.79 Å². The lowest BCUT2D eigenvalue weighted by atomic mass is 10.3. The van der Waals surface area contributed by atoms with Crippen molar-refractivity contribution in [3.63, 3.8) is 0 Å². The Labute approximate surface area is 80.2 Å². The van der Waals surface area contributed by atoms with Crippen LogP contribution in [0.3, 0.4) is 0 Å². The molecular formula is C7H14O7. The van der Waals surface area contributed by atoms with Gasteiger partial charge in [0.2, 0.25) is 0 Å². The minimum absolute atomic E-state index is 0.278. The third kappa shape index (κ3) is 9.23. The zero-order valence-electron chi connectivity index (χ0n) is 7.41. The van der Waals surface area contributed by atoms with Gasteiger partial charge in [-0.25, -0.2) is 0 Å². The number of rotatable bonds is 5. The Kier molecular flexibility index (Phi) is 11.4. The van der Waals surface area contributed by atoms with E-state index in [1.807, 2.05) is 0 Å². The predicted molar refractivity (Wildman–Crippen MR) is 44.3 cm³/mol. The van der Waals surface area contributed by atoms with Crippen molar-refractivity contribution in [2.45, 2.75) is 12.2 Å². The predicted octanol–water partition coefficient (Wildman–Crippen LogP) is -3.56. The van der Waals surface area contributed by atoms with Crippen molar-refractivity contribution < 1.29 is 35.1 Å². The van der Waals surface area contributed by atoms with E-state index in [1.165, 1.54) is 0 Å². The van der Waals surface area contributed by atoms with E-state index in [1.54, 1.807) is 0 Å². The molecule has 2 atom stereocenters.